The van der Waals surface area contributed by atoms with E-state index in [4.69, 9.17) is 32.7 Å². The second-order valence-electron chi connectivity index (χ2n) is 6.38. The van der Waals surface area contributed by atoms with Gasteiger partial charge in [-0.2, -0.15) is 0 Å². The zero-order chi connectivity index (χ0) is 18.2. The fourth-order valence-electron chi connectivity index (χ4n) is 2.36. The van der Waals surface area contributed by atoms with Crippen molar-refractivity contribution in [3.05, 3.63) is 57.6 Å². The van der Waals surface area contributed by atoms with Gasteiger partial charge in [-0.3, -0.25) is 0 Å². The standard InChI is InChI=1S/C20H25Cl2NO2.ClH/c1-14(2)8-9-23-12-15-5-7-19(20(11-15)24-3)25-13-16-4-6-17(21)18(22)10-16;/h4-7,10-11,14,23H,8-9,12-13H2,1-3H3;1H. The Kier molecular flexibility index (Phi) is 10.2. The summed E-state index contributed by atoms with van der Waals surface area (Å²) in [5.74, 6) is 2.14. The number of ether oxygens (including phenoxy) is 2. The number of benzene rings is 2. The van der Waals surface area contributed by atoms with Crippen LogP contribution in [0.2, 0.25) is 10.0 Å². The molecule has 2 aromatic carbocycles. The first kappa shape index (κ1) is 22.9. The van der Waals surface area contributed by atoms with Crippen molar-refractivity contribution in [2.45, 2.75) is 33.4 Å². The molecule has 2 rings (SSSR count). The van der Waals surface area contributed by atoms with Gasteiger partial charge < -0.3 is 14.8 Å². The highest BCUT2D eigenvalue weighted by Crippen LogP contribution is 2.29. The van der Waals surface area contributed by atoms with Crippen LogP contribution in [0.15, 0.2) is 36.4 Å². The van der Waals surface area contributed by atoms with Crippen molar-refractivity contribution in [3.63, 3.8) is 0 Å². The number of hydrogen-bond acceptors (Lipinski definition) is 3. The number of rotatable bonds is 9. The lowest BCUT2D eigenvalue weighted by Crippen LogP contribution is -2.16. The number of nitrogens with one attached hydrogen (secondary N) is 1. The van der Waals surface area contributed by atoms with E-state index in [1.54, 1.807) is 13.2 Å². The third kappa shape index (κ3) is 7.24. The van der Waals surface area contributed by atoms with Crippen LogP contribution < -0.4 is 14.8 Å². The average molecular weight is 419 g/mol. The molecular formula is C20H26Cl3NO2. The summed E-state index contributed by atoms with van der Waals surface area (Å²) in [5, 5.41) is 4.51. The average Bonchev–Trinajstić information content (AvgIpc) is 2.60. The Balaban J connectivity index is 0.00000338. The van der Waals surface area contributed by atoms with Gasteiger partial charge in [-0.1, -0.05) is 49.2 Å². The summed E-state index contributed by atoms with van der Waals surface area (Å²) < 4.78 is 11.3. The van der Waals surface area contributed by atoms with E-state index >= 15 is 0 Å². The number of methoxy groups -OCH3 is 1. The summed E-state index contributed by atoms with van der Waals surface area (Å²) in [4.78, 5) is 0. The van der Waals surface area contributed by atoms with Gasteiger partial charge in [0.05, 0.1) is 17.2 Å². The van der Waals surface area contributed by atoms with E-state index in [1.807, 2.05) is 24.3 Å². The summed E-state index contributed by atoms with van der Waals surface area (Å²) in [7, 11) is 1.65. The Labute approximate surface area is 172 Å². The van der Waals surface area contributed by atoms with Gasteiger partial charge >= 0.3 is 0 Å². The first-order valence-corrected chi connectivity index (χ1v) is 9.19. The van der Waals surface area contributed by atoms with Crippen LogP contribution in [0.25, 0.3) is 0 Å². The van der Waals surface area contributed by atoms with Crippen LogP contribution in [0, 0.1) is 5.92 Å². The molecule has 0 radical (unpaired) electrons. The smallest absolute Gasteiger partial charge is 0.161 e. The molecule has 1 N–H and O–H groups in total. The number of halogens is 3. The molecule has 0 heterocycles. The summed E-state index contributed by atoms with van der Waals surface area (Å²) in [6.07, 6.45) is 1.17. The minimum absolute atomic E-state index is 0. The molecule has 0 aromatic heterocycles. The maximum atomic E-state index is 6.04. The van der Waals surface area contributed by atoms with Crippen molar-refractivity contribution in [1.29, 1.82) is 0 Å². The quantitative estimate of drug-likeness (QED) is 0.496. The highest BCUT2D eigenvalue weighted by molar-refractivity contribution is 6.42. The molecule has 0 aliphatic carbocycles. The Morgan fingerprint density at radius 1 is 0.962 bits per heavy atom. The topological polar surface area (TPSA) is 30.5 Å². The van der Waals surface area contributed by atoms with E-state index < -0.39 is 0 Å². The Morgan fingerprint density at radius 2 is 1.69 bits per heavy atom. The predicted octanol–water partition coefficient (Wildman–Crippen LogP) is 6.14. The lowest BCUT2D eigenvalue weighted by Gasteiger charge is -2.13. The summed E-state index contributed by atoms with van der Waals surface area (Å²) >= 11 is 12.0. The van der Waals surface area contributed by atoms with Crippen LogP contribution in [-0.4, -0.2) is 13.7 Å². The van der Waals surface area contributed by atoms with Gasteiger partial charge in [0.2, 0.25) is 0 Å². The summed E-state index contributed by atoms with van der Waals surface area (Å²) in [6, 6.07) is 11.5. The Morgan fingerprint density at radius 3 is 2.35 bits per heavy atom. The van der Waals surface area contributed by atoms with E-state index in [2.05, 4.69) is 25.2 Å². The molecule has 2 aromatic rings. The molecule has 0 unspecified atom stereocenters. The van der Waals surface area contributed by atoms with Crippen molar-refractivity contribution < 1.29 is 9.47 Å². The fraction of sp³-hybridized carbons (Fsp3) is 0.400. The highest BCUT2D eigenvalue weighted by Gasteiger charge is 2.07. The second kappa shape index (κ2) is 11.6. The van der Waals surface area contributed by atoms with Crippen LogP contribution in [0.1, 0.15) is 31.4 Å². The maximum absolute atomic E-state index is 6.04. The Bertz CT molecular complexity index is 693. The highest BCUT2D eigenvalue weighted by atomic mass is 35.5. The molecule has 0 saturated carbocycles. The minimum atomic E-state index is 0. The first-order chi connectivity index (χ1) is 12.0. The first-order valence-electron chi connectivity index (χ1n) is 8.44. The third-order valence-corrected chi connectivity index (χ3v) is 4.57. The zero-order valence-electron chi connectivity index (χ0n) is 15.4. The monoisotopic (exact) mass is 417 g/mol. The molecule has 0 aliphatic rings. The largest absolute Gasteiger partial charge is 0.493 e. The second-order valence-corrected chi connectivity index (χ2v) is 7.20. The van der Waals surface area contributed by atoms with Crippen LogP contribution in [0.3, 0.4) is 0 Å². The molecule has 3 nitrogen and oxygen atoms in total. The molecule has 0 saturated heterocycles. The molecule has 144 valence electrons. The van der Waals surface area contributed by atoms with Crippen LogP contribution in [-0.2, 0) is 13.2 Å². The Hall–Kier alpha value is -1.13. The molecule has 6 heteroatoms. The van der Waals surface area contributed by atoms with Crippen molar-refractivity contribution in [2.75, 3.05) is 13.7 Å². The van der Waals surface area contributed by atoms with E-state index in [9.17, 15) is 0 Å². The van der Waals surface area contributed by atoms with Crippen LogP contribution >= 0.6 is 35.6 Å². The summed E-state index contributed by atoms with van der Waals surface area (Å²) in [5.41, 5.74) is 2.12. The van der Waals surface area contributed by atoms with Gasteiger partial charge in [0.15, 0.2) is 11.5 Å². The molecular weight excluding hydrogens is 393 g/mol. The van der Waals surface area contributed by atoms with Crippen molar-refractivity contribution >= 4 is 35.6 Å². The van der Waals surface area contributed by atoms with Gasteiger partial charge in [0.1, 0.15) is 6.61 Å². The van der Waals surface area contributed by atoms with Gasteiger partial charge in [-0.15, -0.1) is 12.4 Å². The van der Waals surface area contributed by atoms with Gasteiger partial charge in [0.25, 0.3) is 0 Å². The van der Waals surface area contributed by atoms with E-state index in [0.717, 1.165) is 24.4 Å². The summed E-state index contributed by atoms with van der Waals surface area (Å²) in [6.45, 7) is 6.68. The molecule has 26 heavy (non-hydrogen) atoms. The van der Waals surface area contributed by atoms with Crippen molar-refractivity contribution in [1.82, 2.24) is 5.32 Å². The van der Waals surface area contributed by atoms with Gasteiger partial charge in [0, 0.05) is 6.54 Å². The van der Waals surface area contributed by atoms with Crippen LogP contribution in [0.5, 0.6) is 11.5 Å². The molecule has 0 amide bonds. The molecule has 0 aliphatic heterocycles. The van der Waals surface area contributed by atoms with Gasteiger partial charge in [-0.25, -0.2) is 0 Å². The predicted molar refractivity (Wildman–Crippen MR) is 112 cm³/mol. The normalized spacial score (nSPS) is 10.5. The van der Waals surface area contributed by atoms with Gasteiger partial charge in [-0.05, 0) is 54.3 Å². The van der Waals surface area contributed by atoms with Crippen LogP contribution in [0.4, 0.5) is 0 Å². The lowest BCUT2D eigenvalue weighted by molar-refractivity contribution is 0.284. The SMILES string of the molecule is COc1cc(CNCCC(C)C)ccc1OCc1ccc(Cl)c(Cl)c1.Cl. The van der Waals surface area contributed by atoms with Crippen molar-refractivity contribution in [2.24, 2.45) is 5.92 Å². The molecule has 0 spiro atoms. The third-order valence-electron chi connectivity index (χ3n) is 3.83. The lowest BCUT2D eigenvalue weighted by atomic mass is 10.1. The molecule has 0 bridgehead atoms. The molecule has 0 fully saturated rings. The van der Waals surface area contributed by atoms with E-state index in [0.29, 0.717) is 28.3 Å². The van der Waals surface area contributed by atoms with E-state index in [-0.39, 0.29) is 12.4 Å². The van der Waals surface area contributed by atoms with Crippen molar-refractivity contribution in [3.8, 4) is 11.5 Å². The molecule has 0 atom stereocenters. The van der Waals surface area contributed by atoms with E-state index in [1.165, 1.54) is 12.0 Å². The fourth-order valence-corrected chi connectivity index (χ4v) is 2.68. The maximum Gasteiger partial charge on any atom is 0.161 e. The zero-order valence-corrected chi connectivity index (χ0v) is 17.7. The minimum Gasteiger partial charge on any atom is -0.493 e. The number of hydrogen-bond donors (Lipinski definition) is 1.